The van der Waals surface area contributed by atoms with E-state index in [0.717, 1.165) is 5.41 Å². The summed E-state index contributed by atoms with van der Waals surface area (Å²) in [6, 6.07) is 5.63. The Morgan fingerprint density at radius 2 is 2.05 bits per heavy atom. The number of carbonyl (C=O) groups is 2. The first-order valence-electron chi connectivity index (χ1n) is 6.08. The van der Waals surface area contributed by atoms with E-state index in [9.17, 15) is 18.0 Å². The molecule has 8 nitrogen and oxygen atoms in total. The molecule has 0 spiro atoms. The van der Waals surface area contributed by atoms with Gasteiger partial charge in [0.2, 0.25) is 0 Å². The fraction of sp³-hybridized carbons (Fsp3) is 0.231. The maximum absolute atomic E-state index is 11.8. The molecule has 1 aromatic carbocycles. The summed E-state index contributed by atoms with van der Waals surface area (Å²) in [5.74, 6) is -0.717. The van der Waals surface area contributed by atoms with E-state index < -0.39 is 28.6 Å². The average Bonchev–Trinajstić information content (AvgIpc) is 2.44. The summed E-state index contributed by atoms with van der Waals surface area (Å²) in [5.41, 5.74) is 0.994. The Bertz CT molecular complexity index is 696. The van der Waals surface area contributed by atoms with Crippen LogP contribution in [-0.2, 0) is 14.8 Å². The number of carbonyl (C=O) groups excluding carboxylic acids is 1. The highest BCUT2D eigenvalue weighted by Crippen LogP contribution is 2.20. The number of rotatable bonds is 6. The highest BCUT2D eigenvalue weighted by molar-refractivity contribution is 7.93. The van der Waals surface area contributed by atoms with Crippen LogP contribution < -0.4 is 14.8 Å². The van der Waals surface area contributed by atoms with Crippen LogP contribution in [0.1, 0.15) is 12.5 Å². The number of allylic oxidation sites excluding steroid dienone is 1. The van der Waals surface area contributed by atoms with Crippen molar-refractivity contribution in [1.29, 1.82) is 0 Å². The number of aliphatic carboxylic acids is 1. The van der Waals surface area contributed by atoms with Crippen molar-refractivity contribution in [3.05, 3.63) is 35.2 Å². The molecule has 0 saturated carbocycles. The van der Waals surface area contributed by atoms with Gasteiger partial charge in [-0.05, 0) is 30.2 Å². The quantitative estimate of drug-likeness (QED) is 0.709. The zero-order valence-electron chi connectivity index (χ0n) is 12.0. The summed E-state index contributed by atoms with van der Waals surface area (Å²) in [7, 11) is -2.56. The number of carboxylic acids is 1. The molecule has 120 valence electrons. The van der Waals surface area contributed by atoms with Crippen LogP contribution in [0.4, 0.5) is 4.79 Å². The minimum absolute atomic E-state index is 0.387. The van der Waals surface area contributed by atoms with Crippen molar-refractivity contribution < 1.29 is 27.9 Å². The van der Waals surface area contributed by atoms with Gasteiger partial charge in [0.25, 0.3) is 10.0 Å². The first-order valence-corrected chi connectivity index (χ1v) is 7.63. The second kappa shape index (κ2) is 7.46. The third kappa shape index (κ3) is 5.83. The van der Waals surface area contributed by atoms with E-state index in [4.69, 9.17) is 9.84 Å². The highest BCUT2D eigenvalue weighted by atomic mass is 32.2. The Balaban J connectivity index is 2.84. The second-order valence-electron chi connectivity index (χ2n) is 4.26. The molecule has 0 bridgehead atoms. The molecule has 0 saturated heterocycles. The van der Waals surface area contributed by atoms with Gasteiger partial charge in [-0.2, -0.15) is 0 Å². The van der Waals surface area contributed by atoms with Crippen LogP contribution in [0.25, 0.3) is 5.57 Å². The molecule has 1 aromatic rings. The minimum Gasteiger partial charge on any atom is -0.497 e. The smallest absolute Gasteiger partial charge is 0.329 e. The van der Waals surface area contributed by atoms with Crippen LogP contribution in [-0.4, -0.2) is 39.2 Å². The van der Waals surface area contributed by atoms with Crippen molar-refractivity contribution in [2.75, 3.05) is 13.7 Å². The molecule has 0 radical (unpaired) electrons. The number of hydrogen-bond donors (Lipinski definition) is 3. The van der Waals surface area contributed by atoms with Crippen molar-refractivity contribution >= 4 is 27.6 Å². The fourth-order valence-corrected chi connectivity index (χ4v) is 2.51. The van der Waals surface area contributed by atoms with Gasteiger partial charge in [-0.25, -0.2) is 17.9 Å². The number of benzene rings is 1. The van der Waals surface area contributed by atoms with Gasteiger partial charge in [-0.15, -0.1) is 0 Å². The predicted molar refractivity (Wildman–Crippen MR) is 79.7 cm³/mol. The molecule has 22 heavy (non-hydrogen) atoms. The van der Waals surface area contributed by atoms with Crippen molar-refractivity contribution in [3.63, 3.8) is 0 Å². The number of carboxylic acid groups (broad SMARTS) is 1. The van der Waals surface area contributed by atoms with E-state index in [0.29, 0.717) is 16.9 Å². The zero-order chi connectivity index (χ0) is 16.8. The van der Waals surface area contributed by atoms with Gasteiger partial charge < -0.3 is 15.2 Å². The van der Waals surface area contributed by atoms with E-state index in [1.165, 1.54) is 7.11 Å². The van der Waals surface area contributed by atoms with Gasteiger partial charge in [0.15, 0.2) is 0 Å². The molecule has 0 aliphatic rings. The lowest BCUT2D eigenvalue weighted by Gasteiger charge is -2.07. The van der Waals surface area contributed by atoms with E-state index >= 15 is 0 Å². The Kier molecular flexibility index (Phi) is 5.93. The third-order valence-corrected chi connectivity index (χ3v) is 3.63. The van der Waals surface area contributed by atoms with Crippen molar-refractivity contribution in [1.82, 2.24) is 10.0 Å². The van der Waals surface area contributed by atoms with Crippen LogP contribution in [0.5, 0.6) is 5.75 Å². The van der Waals surface area contributed by atoms with E-state index in [1.54, 1.807) is 35.9 Å². The first-order chi connectivity index (χ1) is 10.2. The molecule has 9 heteroatoms. The molecule has 0 heterocycles. The summed E-state index contributed by atoms with van der Waals surface area (Å²) in [5, 5.41) is 11.2. The van der Waals surface area contributed by atoms with E-state index in [1.807, 2.05) is 5.32 Å². The maximum Gasteiger partial charge on any atom is 0.329 e. The molecule has 2 amide bonds. The number of urea groups is 1. The summed E-state index contributed by atoms with van der Waals surface area (Å²) < 4.78 is 30.3. The van der Waals surface area contributed by atoms with Gasteiger partial charge >= 0.3 is 12.0 Å². The van der Waals surface area contributed by atoms with Gasteiger partial charge in [0.05, 0.1) is 12.5 Å². The molecule has 0 aromatic heterocycles. The first kappa shape index (κ1) is 17.5. The molecule has 0 unspecified atom stereocenters. The summed E-state index contributed by atoms with van der Waals surface area (Å²) >= 11 is 0. The van der Waals surface area contributed by atoms with E-state index in [-0.39, 0.29) is 0 Å². The van der Waals surface area contributed by atoms with Crippen molar-refractivity contribution in [2.24, 2.45) is 0 Å². The van der Waals surface area contributed by atoms with E-state index in [2.05, 4.69) is 0 Å². The number of methoxy groups -OCH3 is 1. The average molecular weight is 328 g/mol. The fourth-order valence-electron chi connectivity index (χ4n) is 1.52. The Morgan fingerprint density at radius 3 is 2.64 bits per heavy atom. The van der Waals surface area contributed by atoms with Crippen LogP contribution in [0.15, 0.2) is 29.7 Å². The van der Waals surface area contributed by atoms with Gasteiger partial charge in [0, 0.05) is 0 Å². The van der Waals surface area contributed by atoms with Crippen LogP contribution in [0.3, 0.4) is 0 Å². The molecule has 0 atom stereocenters. The standard InChI is InChI=1S/C13H16N2O6S/c1-9(10-4-3-5-11(6-10)21-2)8-22(19,20)15-13(18)14-7-12(16)17/h3-6,8H,7H2,1-2H3,(H,16,17)(H2,14,15,18)/b9-8+. The van der Waals surface area contributed by atoms with Gasteiger partial charge in [-0.3, -0.25) is 4.79 Å². The number of amides is 2. The van der Waals surface area contributed by atoms with Crippen molar-refractivity contribution in [3.8, 4) is 5.75 Å². The number of sulfonamides is 1. The summed E-state index contributed by atoms with van der Waals surface area (Å²) in [6.07, 6.45) is 0. The summed E-state index contributed by atoms with van der Waals surface area (Å²) in [6.45, 7) is 0.878. The summed E-state index contributed by atoms with van der Waals surface area (Å²) in [4.78, 5) is 21.5. The maximum atomic E-state index is 11.8. The molecule has 0 fully saturated rings. The third-order valence-electron chi connectivity index (χ3n) is 2.49. The van der Waals surface area contributed by atoms with Gasteiger partial charge in [0.1, 0.15) is 12.3 Å². The monoisotopic (exact) mass is 328 g/mol. The van der Waals surface area contributed by atoms with Crippen LogP contribution in [0.2, 0.25) is 0 Å². The largest absolute Gasteiger partial charge is 0.497 e. The molecule has 0 aliphatic carbocycles. The minimum atomic E-state index is -4.05. The zero-order valence-corrected chi connectivity index (χ0v) is 12.8. The lowest BCUT2D eigenvalue weighted by Crippen LogP contribution is -2.40. The lowest BCUT2D eigenvalue weighted by atomic mass is 10.1. The Morgan fingerprint density at radius 1 is 1.36 bits per heavy atom. The number of ether oxygens (including phenoxy) is 1. The molecule has 3 N–H and O–H groups in total. The Labute approximate surface area is 127 Å². The van der Waals surface area contributed by atoms with Crippen LogP contribution in [0, 0.1) is 0 Å². The lowest BCUT2D eigenvalue weighted by molar-refractivity contribution is -0.135. The van der Waals surface area contributed by atoms with Crippen LogP contribution >= 0.6 is 0 Å². The molecular formula is C13H16N2O6S. The molecule has 1 rings (SSSR count). The predicted octanol–water partition coefficient (Wildman–Crippen LogP) is 0.770. The normalized spacial score (nSPS) is 11.6. The molecular weight excluding hydrogens is 312 g/mol. The Hall–Kier alpha value is -2.55. The highest BCUT2D eigenvalue weighted by Gasteiger charge is 2.13. The second-order valence-corrected chi connectivity index (χ2v) is 5.79. The number of nitrogens with one attached hydrogen (secondary N) is 2. The topological polar surface area (TPSA) is 122 Å². The van der Waals surface area contributed by atoms with Gasteiger partial charge in [-0.1, -0.05) is 12.1 Å². The van der Waals surface area contributed by atoms with Crippen molar-refractivity contribution in [2.45, 2.75) is 6.92 Å². The SMILES string of the molecule is COc1cccc(/C(C)=C/S(=O)(=O)NC(=O)NCC(=O)O)c1. The number of hydrogen-bond acceptors (Lipinski definition) is 5. The molecule has 0 aliphatic heterocycles.